The Kier molecular flexibility index (Phi) is 4.11. The molecule has 0 saturated heterocycles. The number of anilines is 1. The normalized spacial score (nSPS) is 14.7. The molecule has 3 rings (SSSR count). The van der Waals surface area contributed by atoms with Gasteiger partial charge in [0, 0.05) is 24.7 Å². The Bertz CT molecular complexity index is 918. The van der Waals surface area contributed by atoms with E-state index in [1.807, 2.05) is 0 Å². The summed E-state index contributed by atoms with van der Waals surface area (Å²) in [5, 5.41) is 0. The number of sulfonamides is 1. The smallest absolute Gasteiger partial charge is 0.310 e. The van der Waals surface area contributed by atoms with Crippen molar-refractivity contribution in [3.63, 3.8) is 0 Å². The number of benzene rings is 2. The van der Waals surface area contributed by atoms with Crippen LogP contribution in [0, 0.1) is 0 Å². The zero-order valence-corrected chi connectivity index (χ0v) is 14.1. The lowest BCUT2D eigenvalue weighted by molar-refractivity contribution is -0.134. The summed E-state index contributed by atoms with van der Waals surface area (Å²) in [6.45, 7) is 1.72. The molecule has 0 radical (unpaired) electrons. The molecule has 0 aliphatic carbocycles. The van der Waals surface area contributed by atoms with E-state index in [1.165, 1.54) is 0 Å². The molecule has 0 bridgehead atoms. The minimum Gasteiger partial charge on any atom is -0.427 e. The van der Waals surface area contributed by atoms with E-state index in [0.717, 1.165) is 5.69 Å². The Morgan fingerprint density at radius 3 is 2.46 bits per heavy atom. The summed E-state index contributed by atoms with van der Waals surface area (Å²) in [4.78, 5) is 13.2. The lowest BCUT2D eigenvalue weighted by Crippen LogP contribution is -2.25. The second-order valence-corrected chi connectivity index (χ2v) is 6.84. The lowest BCUT2D eigenvalue weighted by atomic mass is 10.2. The zero-order chi connectivity index (χ0) is 17.3. The van der Waals surface area contributed by atoms with Crippen molar-refractivity contribution in [3.8, 4) is 5.75 Å². The van der Waals surface area contributed by atoms with Crippen LogP contribution < -0.4 is 9.64 Å². The molecular weight excluding hydrogens is 328 g/mol. The van der Waals surface area contributed by atoms with E-state index in [4.69, 9.17) is 4.74 Å². The van der Waals surface area contributed by atoms with E-state index in [0.29, 0.717) is 23.6 Å². The Labute approximate surface area is 140 Å². The number of ether oxygens (including phenoxy) is 1. The average molecular weight is 344 g/mol. The van der Waals surface area contributed by atoms with Gasteiger partial charge in [0.1, 0.15) is 10.6 Å². The number of carbonyl (C=O) groups is 1. The summed E-state index contributed by atoms with van der Waals surface area (Å²) in [6, 6.07) is 13.5. The number of rotatable bonds is 3. The SMILES string of the molecule is CCC(=O)Oc1ccc(N(C)C2=NS(=O)(=O)c3ccccc32)cc1. The van der Waals surface area contributed by atoms with E-state index < -0.39 is 10.0 Å². The molecule has 0 unspecified atom stereocenters. The van der Waals surface area contributed by atoms with Crippen molar-refractivity contribution in [2.24, 2.45) is 4.40 Å². The minimum absolute atomic E-state index is 0.209. The van der Waals surface area contributed by atoms with Gasteiger partial charge < -0.3 is 9.64 Å². The molecule has 2 aromatic carbocycles. The van der Waals surface area contributed by atoms with Crippen molar-refractivity contribution in [3.05, 3.63) is 54.1 Å². The highest BCUT2D eigenvalue weighted by Crippen LogP contribution is 2.29. The average Bonchev–Trinajstić information content (AvgIpc) is 2.87. The van der Waals surface area contributed by atoms with Gasteiger partial charge in [-0.15, -0.1) is 4.40 Å². The van der Waals surface area contributed by atoms with Gasteiger partial charge >= 0.3 is 5.97 Å². The quantitative estimate of drug-likeness (QED) is 0.632. The van der Waals surface area contributed by atoms with Gasteiger partial charge in [-0.25, -0.2) is 0 Å². The summed E-state index contributed by atoms with van der Waals surface area (Å²) < 4.78 is 33.3. The second kappa shape index (κ2) is 6.09. The first-order valence-corrected chi connectivity index (χ1v) is 8.85. The van der Waals surface area contributed by atoms with Crippen LogP contribution in [0.4, 0.5) is 5.69 Å². The highest BCUT2D eigenvalue weighted by atomic mass is 32.2. The van der Waals surface area contributed by atoms with Crippen LogP contribution in [0.1, 0.15) is 18.9 Å². The molecule has 0 N–H and O–H groups in total. The third kappa shape index (κ3) is 2.90. The standard InChI is InChI=1S/C17H16N2O4S/c1-3-16(20)23-13-10-8-12(9-11-13)19(2)17-14-6-4-5-7-15(14)24(21,22)18-17/h4-11H,3H2,1-2H3. The van der Waals surface area contributed by atoms with E-state index in [9.17, 15) is 13.2 Å². The monoisotopic (exact) mass is 344 g/mol. The maximum Gasteiger partial charge on any atom is 0.310 e. The fourth-order valence-electron chi connectivity index (χ4n) is 2.39. The topological polar surface area (TPSA) is 76.0 Å². The first-order valence-electron chi connectivity index (χ1n) is 7.41. The summed E-state index contributed by atoms with van der Waals surface area (Å²) in [5.41, 5.74) is 1.30. The molecule has 0 amide bonds. The Morgan fingerprint density at radius 2 is 1.79 bits per heavy atom. The van der Waals surface area contributed by atoms with Crippen LogP contribution in [0.15, 0.2) is 57.8 Å². The van der Waals surface area contributed by atoms with Crippen molar-refractivity contribution in [2.45, 2.75) is 18.2 Å². The number of hydrogen-bond donors (Lipinski definition) is 0. The van der Waals surface area contributed by atoms with Gasteiger partial charge in [0.25, 0.3) is 10.0 Å². The van der Waals surface area contributed by atoms with E-state index in [1.54, 1.807) is 67.4 Å². The molecule has 24 heavy (non-hydrogen) atoms. The second-order valence-electron chi connectivity index (χ2n) is 5.27. The fourth-order valence-corrected chi connectivity index (χ4v) is 3.63. The van der Waals surface area contributed by atoms with Crippen LogP contribution in [-0.4, -0.2) is 27.3 Å². The highest BCUT2D eigenvalue weighted by molar-refractivity contribution is 7.90. The third-order valence-electron chi connectivity index (χ3n) is 3.67. The molecule has 2 aromatic rings. The van der Waals surface area contributed by atoms with Crippen LogP contribution in [0.3, 0.4) is 0 Å². The van der Waals surface area contributed by atoms with E-state index in [2.05, 4.69) is 4.40 Å². The maximum absolute atomic E-state index is 12.1. The number of nitrogens with zero attached hydrogens (tertiary/aromatic N) is 2. The number of amidine groups is 1. The predicted molar refractivity (Wildman–Crippen MR) is 90.9 cm³/mol. The van der Waals surface area contributed by atoms with Crippen molar-refractivity contribution >= 4 is 27.5 Å². The molecule has 0 atom stereocenters. The number of carbonyl (C=O) groups excluding carboxylic acids is 1. The van der Waals surface area contributed by atoms with Crippen LogP contribution >= 0.6 is 0 Å². The van der Waals surface area contributed by atoms with Gasteiger partial charge in [-0.05, 0) is 36.4 Å². The molecule has 1 heterocycles. The summed E-state index contributed by atoms with van der Waals surface area (Å²) in [7, 11) is -1.92. The number of hydrogen-bond acceptors (Lipinski definition) is 5. The molecule has 0 spiro atoms. The molecule has 0 fully saturated rings. The summed E-state index contributed by atoms with van der Waals surface area (Å²) in [6.07, 6.45) is 0.299. The maximum atomic E-state index is 12.1. The van der Waals surface area contributed by atoms with Crippen LogP contribution in [0.5, 0.6) is 5.75 Å². The van der Waals surface area contributed by atoms with Gasteiger partial charge in [-0.2, -0.15) is 8.42 Å². The van der Waals surface area contributed by atoms with Crippen LogP contribution in [-0.2, 0) is 14.8 Å². The van der Waals surface area contributed by atoms with Crippen molar-refractivity contribution in [2.75, 3.05) is 11.9 Å². The molecule has 0 saturated carbocycles. The molecule has 1 aliphatic heterocycles. The van der Waals surface area contributed by atoms with Gasteiger partial charge in [0.05, 0.1) is 0 Å². The van der Waals surface area contributed by atoms with Gasteiger partial charge in [-0.3, -0.25) is 4.79 Å². The largest absolute Gasteiger partial charge is 0.427 e. The molecule has 7 heteroatoms. The Balaban J connectivity index is 1.90. The number of esters is 1. The number of fused-ring (bicyclic) bond motifs is 1. The van der Waals surface area contributed by atoms with E-state index >= 15 is 0 Å². The molecule has 0 aromatic heterocycles. The molecule has 1 aliphatic rings. The van der Waals surface area contributed by atoms with Gasteiger partial charge in [0.15, 0.2) is 5.84 Å². The lowest BCUT2D eigenvalue weighted by Gasteiger charge is -2.19. The zero-order valence-electron chi connectivity index (χ0n) is 13.3. The summed E-state index contributed by atoms with van der Waals surface area (Å²) >= 11 is 0. The van der Waals surface area contributed by atoms with Crippen LogP contribution in [0.25, 0.3) is 0 Å². The molecular formula is C17H16N2O4S. The van der Waals surface area contributed by atoms with Crippen molar-refractivity contribution in [1.82, 2.24) is 0 Å². The predicted octanol–water partition coefficient (Wildman–Crippen LogP) is 2.59. The van der Waals surface area contributed by atoms with Crippen LogP contribution in [0.2, 0.25) is 0 Å². The van der Waals surface area contributed by atoms with Gasteiger partial charge in [0.2, 0.25) is 0 Å². The first-order chi connectivity index (χ1) is 11.4. The Hall–Kier alpha value is -2.67. The van der Waals surface area contributed by atoms with Crippen molar-refractivity contribution in [1.29, 1.82) is 0 Å². The van der Waals surface area contributed by atoms with Gasteiger partial charge in [-0.1, -0.05) is 19.1 Å². The minimum atomic E-state index is -3.66. The third-order valence-corrected chi connectivity index (χ3v) is 5.00. The van der Waals surface area contributed by atoms with Crippen molar-refractivity contribution < 1.29 is 17.9 Å². The molecule has 6 nitrogen and oxygen atoms in total. The highest BCUT2D eigenvalue weighted by Gasteiger charge is 2.30. The Morgan fingerprint density at radius 1 is 1.12 bits per heavy atom. The fraction of sp³-hybridized carbons (Fsp3) is 0.176. The van der Waals surface area contributed by atoms with E-state index in [-0.39, 0.29) is 10.9 Å². The first kappa shape index (κ1) is 16.2. The summed E-state index contributed by atoms with van der Waals surface area (Å²) in [5.74, 6) is 0.501. The molecule has 124 valence electrons.